The zero-order valence-electron chi connectivity index (χ0n) is 15.9. The highest BCUT2D eigenvalue weighted by molar-refractivity contribution is 5.78. The lowest BCUT2D eigenvalue weighted by atomic mass is 9.80. The third-order valence-electron chi connectivity index (χ3n) is 4.96. The van der Waals surface area contributed by atoms with Crippen molar-refractivity contribution >= 4 is 5.91 Å². The van der Waals surface area contributed by atoms with Crippen LogP contribution in [-0.4, -0.2) is 43.1 Å². The molecule has 1 unspecified atom stereocenters. The first-order valence-electron chi connectivity index (χ1n) is 9.31. The van der Waals surface area contributed by atoms with Crippen LogP contribution in [0.2, 0.25) is 0 Å². The monoisotopic (exact) mass is 347 g/mol. The number of benzene rings is 1. The van der Waals surface area contributed by atoms with E-state index in [0.717, 1.165) is 43.7 Å². The molecule has 0 bridgehead atoms. The molecule has 1 aliphatic heterocycles. The molecule has 1 atom stereocenters. The summed E-state index contributed by atoms with van der Waals surface area (Å²) in [5.74, 6) is 0.0653. The van der Waals surface area contributed by atoms with Gasteiger partial charge >= 0.3 is 0 Å². The van der Waals surface area contributed by atoms with Gasteiger partial charge in [-0.05, 0) is 29.4 Å². The van der Waals surface area contributed by atoms with Crippen molar-refractivity contribution in [3.8, 4) is 0 Å². The van der Waals surface area contributed by atoms with Crippen molar-refractivity contribution in [1.82, 2.24) is 10.2 Å². The number of hydrogen-bond donors (Lipinski definition) is 2. The van der Waals surface area contributed by atoms with E-state index in [0.29, 0.717) is 19.7 Å². The van der Waals surface area contributed by atoms with Crippen molar-refractivity contribution in [3.63, 3.8) is 0 Å². The Kier molecular flexibility index (Phi) is 7.41. The molecule has 25 heavy (non-hydrogen) atoms. The fourth-order valence-corrected chi connectivity index (χ4v) is 3.27. The van der Waals surface area contributed by atoms with Crippen LogP contribution in [0.25, 0.3) is 0 Å². The molecule has 5 nitrogen and oxygen atoms in total. The van der Waals surface area contributed by atoms with Crippen LogP contribution in [0.15, 0.2) is 24.3 Å². The van der Waals surface area contributed by atoms with Crippen LogP contribution in [0.4, 0.5) is 0 Å². The Morgan fingerprint density at radius 1 is 1.36 bits per heavy atom. The maximum absolute atomic E-state index is 12.3. The molecule has 2 rings (SSSR count). The average molecular weight is 348 g/mol. The van der Waals surface area contributed by atoms with Gasteiger partial charge in [-0.1, -0.05) is 45.0 Å². The minimum Gasteiger partial charge on any atom is -0.377 e. The van der Waals surface area contributed by atoms with Crippen molar-refractivity contribution in [2.45, 2.75) is 52.8 Å². The van der Waals surface area contributed by atoms with Crippen LogP contribution in [0.1, 0.15) is 44.7 Å². The van der Waals surface area contributed by atoms with Gasteiger partial charge in [0.2, 0.25) is 5.91 Å². The van der Waals surface area contributed by atoms with Gasteiger partial charge in [0.05, 0.1) is 13.2 Å². The SMILES string of the molecule is CCCOCc1ccccc1CNC(=O)CN1CCC(N)C(C)(C)C1. The molecule has 1 fully saturated rings. The number of rotatable bonds is 8. The van der Waals surface area contributed by atoms with Crippen molar-refractivity contribution in [2.24, 2.45) is 11.1 Å². The predicted molar refractivity (Wildman–Crippen MR) is 101 cm³/mol. The molecule has 1 heterocycles. The van der Waals surface area contributed by atoms with E-state index >= 15 is 0 Å². The highest BCUT2D eigenvalue weighted by Gasteiger charge is 2.33. The molecule has 3 N–H and O–H groups in total. The summed E-state index contributed by atoms with van der Waals surface area (Å²) >= 11 is 0. The third-order valence-corrected chi connectivity index (χ3v) is 4.96. The van der Waals surface area contributed by atoms with Gasteiger partial charge in [0.25, 0.3) is 0 Å². The van der Waals surface area contributed by atoms with Gasteiger partial charge in [0.15, 0.2) is 0 Å². The summed E-state index contributed by atoms with van der Waals surface area (Å²) in [6.07, 6.45) is 1.95. The molecule has 1 aromatic rings. The van der Waals surface area contributed by atoms with Crippen LogP contribution in [0, 0.1) is 5.41 Å². The lowest BCUT2D eigenvalue weighted by Crippen LogP contribution is -2.54. The second kappa shape index (κ2) is 9.32. The molecule has 1 saturated heterocycles. The van der Waals surface area contributed by atoms with Gasteiger partial charge in [-0.25, -0.2) is 0 Å². The summed E-state index contributed by atoms with van der Waals surface area (Å²) in [4.78, 5) is 14.5. The number of likely N-dealkylation sites (tertiary alicyclic amines) is 1. The lowest BCUT2D eigenvalue weighted by molar-refractivity contribution is -0.123. The predicted octanol–water partition coefficient (Wildman–Crippen LogP) is 2.29. The van der Waals surface area contributed by atoms with Crippen LogP contribution >= 0.6 is 0 Å². The van der Waals surface area contributed by atoms with E-state index in [1.807, 2.05) is 18.2 Å². The lowest BCUT2D eigenvalue weighted by Gasteiger charge is -2.42. The van der Waals surface area contributed by atoms with Crippen LogP contribution in [0.3, 0.4) is 0 Å². The molecule has 1 amide bonds. The molecular formula is C20H33N3O2. The van der Waals surface area contributed by atoms with E-state index < -0.39 is 0 Å². The van der Waals surface area contributed by atoms with E-state index in [9.17, 15) is 4.79 Å². The third kappa shape index (κ3) is 6.10. The first-order chi connectivity index (χ1) is 11.9. The molecule has 5 heteroatoms. The van der Waals surface area contributed by atoms with E-state index in [2.05, 4.69) is 37.1 Å². The Hall–Kier alpha value is -1.43. The van der Waals surface area contributed by atoms with Gasteiger partial charge in [0, 0.05) is 32.3 Å². The maximum Gasteiger partial charge on any atom is 0.234 e. The normalized spacial score (nSPS) is 20.4. The molecule has 140 valence electrons. The minimum atomic E-state index is 0.0573. The van der Waals surface area contributed by atoms with Gasteiger partial charge < -0.3 is 15.8 Å². The van der Waals surface area contributed by atoms with Gasteiger partial charge in [-0.3, -0.25) is 9.69 Å². The first kappa shape index (κ1) is 19.9. The van der Waals surface area contributed by atoms with Gasteiger partial charge in [-0.15, -0.1) is 0 Å². The summed E-state index contributed by atoms with van der Waals surface area (Å²) in [6, 6.07) is 8.33. The molecule has 0 saturated carbocycles. The standard InChI is InChI=1S/C20H33N3O2/c1-4-11-25-14-17-8-6-5-7-16(17)12-22-19(24)13-23-10-9-18(21)20(2,3)15-23/h5-8,18H,4,9-15,21H2,1-3H3,(H,22,24). The fraction of sp³-hybridized carbons (Fsp3) is 0.650. The highest BCUT2D eigenvalue weighted by atomic mass is 16.5. The fourth-order valence-electron chi connectivity index (χ4n) is 3.27. The molecule has 0 aliphatic carbocycles. The van der Waals surface area contributed by atoms with Crippen molar-refractivity contribution in [3.05, 3.63) is 35.4 Å². The van der Waals surface area contributed by atoms with Gasteiger partial charge in [0.1, 0.15) is 0 Å². The average Bonchev–Trinajstić information content (AvgIpc) is 2.57. The Bertz CT molecular complexity index is 560. The molecule has 1 aromatic carbocycles. The number of amides is 1. The number of hydrogen-bond acceptors (Lipinski definition) is 4. The molecular weight excluding hydrogens is 314 g/mol. The molecule has 0 radical (unpaired) electrons. The summed E-state index contributed by atoms with van der Waals surface area (Å²) in [5.41, 5.74) is 8.48. The van der Waals surface area contributed by atoms with Gasteiger partial charge in [-0.2, -0.15) is 0 Å². The van der Waals surface area contributed by atoms with E-state index in [1.165, 1.54) is 0 Å². The minimum absolute atomic E-state index is 0.0573. The second-order valence-electron chi connectivity index (χ2n) is 7.69. The summed E-state index contributed by atoms with van der Waals surface area (Å²) in [5, 5.41) is 3.05. The smallest absolute Gasteiger partial charge is 0.234 e. The Morgan fingerprint density at radius 2 is 2.08 bits per heavy atom. The number of piperidine rings is 1. The van der Waals surface area contributed by atoms with Crippen molar-refractivity contribution in [1.29, 1.82) is 0 Å². The number of nitrogens with two attached hydrogens (primary N) is 1. The molecule has 1 aliphatic rings. The number of ether oxygens (including phenoxy) is 1. The Labute approximate surface area is 151 Å². The van der Waals surface area contributed by atoms with E-state index in [4.69, 9.17) is 10.5 Å². The maximum atomic E-state index is 12.3. The second-order valence-corrected chi connectivity index (χ2v) is 7.69. The van der Waals surface area contributed by atoms with E-state index in [-0.39, 0.29) is 17.4 Å². The largest absolute Gasteiger partial charge is 0.377 e. The number of carbonyl (C=O) groups excluding carboxylic acids is 1. The molecule has 0 aromatic heterocycles. The molecule has 0 spiro atoms. The van der Waals surface area contributed by atoms with Crippen molar-refractivity contribution < 1.29 is 9.53 Å². The van der Waals surface area contributed by atoms with E-state index in [1.54, 1.807) is 0 Å². The van der Waals surface area contributed by atoms with Crippen LogP contribution < -0.4 is 11.1 Å². The Morgan fingerprint density at radius 3 is 2.76 bits per heavy atom. The number of carbonyl (C=O) groups is 1. The first-order valence-corrected chi connectivity index (χ1v) is 9.31. The summed E-state index contributed by atoms with van der Waals surface area (Å²) < 4.78 is 5.64. The zero-order chi connectivity index (χ0) is 18.3. The summed E-state index contributed by atoms with van der Waals surface area (Å²) in [7, 11) is 0. The number of nitrogens with zero attached hydrogens (tertiary/aromatic N) is 1. The van der Waals surface area contributed by atoms with Crippen molar-refractivity contribution in [2.75, 3.05) is 26.2 Å². The zero-order valence-corrected chi connectivity index (χ0v) is 15.9. The van der Waals surface area contributed by atoms with Crippen LogP contribution in [0.5, 0.6) is 0 Å². The quantitative estimate of drug-likeness (QED) is 0.708. The Balaban J connectivity index is 1.82. The van der Waals surface area contributed by atoms with Crippen LogP contribution in [-0.2, 0) is 22.7 Å². The topological polar surface area (TPSA) is 67.6 Å². The highest BCUT2D eigenvalue weighted by Crippen LogP contribution is 2.27. The number of nitrogens with one attached hydrogen (secondary N) is 1. The summed E-state index contributed by atoms with van der Waals surface area (Å²) in [6.45, 7) is 10.5.